The van der Waals surface area contributed by atoms with E-state index < -0.39 is 0 Å². The summed E-state index contributed by atoms with van der Waals surface area (Å²) < 4.78 is 0. The summed E-state index contributed by atoms with van der Waals surface area (Å²) in [6.45, 7) is 11.1. The molecular formula is C9H18S. The molecule has 0 bridgehead atoms. The second kappa shape index (κ2) is 3.47. The minimum Gasteiger partial charge on any atom is -0.134 e. The lowest BCUT2D eigenvalue weighted by Crippen LogP contribution is -2.07. The largest absolute Gasteiger partial charge is 0.134 e. The normalized spacial score (nSPS) is 11.4. The van der Waals surface area contributed by atoms with Crippen LogP contribution in [0, 0.1) is 5.41 Å². The zero-order chi connectivity index (χ0) is 8.36. The van der Waals surface area contributed by atoms with Crippen molar-refractivity contribution in [2.24, 2.45) is 5.41 Å². The summed E-state index contributed by atoms with van der Waals surface area (Å²) in [7, 11) is 0. The molecule has 0 aliphatic rings. The average Bonchev–Trinajstić information content (AvgIpc) is 1.60. The van der Waals surface area contributed by atoms with Crippen LogP contribution in [0.25, 0.3) is 0 Å². The van der Waals surface area contributed by atoms with Gasteiger partial charge in [-0.25, -0.2) is 0 Å². The van der Waals surface area contributed by atoms with Crippen LogP contribution >= 0.6 is 11.8 Å². The fourth-order valence-corrected chi connectivity index (χ4v) is 2.28. The molecule has 0 radical (unpaired) electrons. The summed E-state index contributed by atoms with van der Waals surface area (Å²) in [5.74, 6) is 0. The molecule has 0 atom stereocenters. The SMILES string of the molecule is CSC(=C(C)C)C(C)(C)C. The zero-order valence-electron chi connectivity index (χ0n) is 7.91. The molecule has 0 saturated carbocycles. The number of hydrogen-bond acceptors (Lipinski definition) is 1. The minimum atomic E-state index is 0.332. The van der Waals surface area contributed by atoms with E-state index in [2.05, 4.69) is 40.9 Å². The summed E-state index contributed by atoms with van der Waals surface area (Å²) in [6, 6.07) is 0. The van der Waals surface area contributed by atoms with Crippen molar-refractivity contribution >= 4 is 11.8 Å². The Morgan fingerprint density at radius 2 is 1.50 bits per heavy atom. The van der Waals surface area contributed by atoms with Gasteiger partial charge in [0.05, 0.1) is 0 Å². The van der Waals surface area contributed by atoms with Crippen LogP contribution in [-0.4, -0.2) is 6.26 Å². The predicted octanol–water partition coefficient (Wildman–Crippen LogP) is 3.69. The van der Waals surface area contributed by atoms with E-state index in [9.17, 15) is 0 Å². The maximum atomic E-state index is 2.26. The fourth-order valence-electron chi connectivity index (χ4n) is 1.26. The van der Waals surface area contributed by atoms with Crippen molar-refractivity contribution in [3.8, 4) is 0 Å². The van der Waals surface area contributed by atoms with E-state index in [0.717, 1.165) is 0 Å². The van der Waals surface area contributed by atoms with Crippen molar-refractivity contribution in [3.05, 3.63) is 10.5 Å². The zero-order valence-corrected chi connectivity index (χ0v) is 8.72. The van der Waals surface area contributed by atoms with E-state index in [1.165, 1.54) is 10.5 Å². The van der Waals surface area contributed by atoms with Gasteiger partial charge in [-0.3, -0.25) is 0 Å². The first-order chi connectivity index (χ1) is 4.39. The third-order valence-electron chi connectivity index (χ3n) is 1.34. The van der Waals surface area contributed by atoms with E-state index in [1.807, 2.05) is 11.8 Å². The molecule has 0 aliphatic heterocycles. The van der Waals surface area contributed by atoms with Crippen molar-refractivity contribution in [1.82, 2.24) is 0 Å². The van der Waals surface area contributed by atoms with Crippen LogP contribution < -0.4 is 0 Å². The van der Waals surface area contributed by atoms with Gasteiger partial charge in [-0.15, -0.1) is 11.8 Å². The quantitative estimate of drug-likeness (QED) is 0.561. The van der Waals surface area contributed by atoms with Gasteiger partial charge in [-0.1, -0.05) is 26.3 Å². The second-order valence-corrected chi connectivity index (χ2v) is 4.60. The molecule has 0 N–H and O–H groups in total. The van der Waals surface area contributed by atoms with Crippen LogP contribution in [0.2, 0.25) is 0 Å². The van der Waals surface area contributed by atoms with E-state index >= 15 is 0 Å². The van der Waals surface area contributed by atoms with Crippen molar-refractivity contribution in [3.63, 3.8) is 0 Å². The summed E-state index contributed by atoms with van der Waals surface area (Å²) in [6.07, 6.45) is 2.15. The predicted molar refractivity (Wildman–Crippen MR) is 51.3 cm³/mol. The Morgan fingerprint density at radius 1 is 1.10 bits per heavy atom. The Balaban J connectivity index is 4.55. The Hall–Kier alpha value is 0.0900. The van der Waals surface area contributed by atoms with Crippen LogP contribution in [0.4, 0.5) is 0 Å². The molecule has 0 nitrogen and oxygen atoms in total. The third kappa shape index (κ3) is 2.78. The molecule has 0 heterocycles. The molecule has 10 heavy (non-hydrogen) atoms. The first-order valence-corrected chi connectivity index (χ1v) is 4.84. The van der Waals surface area contributed by atoms with Crippen molar-refractivity contribution in [2.75, 3.05) is 6.26 Å². The highest BCUT2D eigenvalue weighted by molar-refractivity contribution is 8.02. The Morgan fingerprint density at radius 3 is 1.50 bits per heavy atom. The van der Waals surface area contributed by atoms with E-state index in [4.69, 9.17) is 0 Å². The van der Waals surface area contributed by atoms with Gasteiger partial charge >= 0.3 is 0 Å². The lowest BCUT2D eigenvalue weighted by Gasteiger charge is -2.22. The molecule has 0 aromatic rings. The molecule has 0 amide bonds. The van der Waals surface area contributed by atoms with Gasteiger partial charge < -0.3 is 0 Å². The number of rotatable bonds is 1. The van der Waals surface area contributed by atoms with Gasteiger partial charge in [-0.2, -0.15) is 0 Å². The van der Waals surface area contributed by atoms with Crippen molar-refractivity contribution < 1.29 is 0 Å². The lowest BCUT2D eigenvalue weighted by atomic mass is 9.94. The molecule has 0 unspecified atom stereocenters. The summed E-state index contributed by atoms with van der Waals surface area (Å²) in [5.41, 5.74) is 1.78. The molecule has 0 saturated heterocycles. The van der Waals surface area contributed by atoms with Crippen LogP contribution in [0.15, 0.2) is 10.5 Å². The number of allylic oxidation sites excluding steroid dienone is 2. The molecule has 0 spiro atoms. The van der Waals surface area contributed by atoms with E-state index in [0.29, 0.717) is 5.41 Å². The third-order valence-corrected chi connectivity index (χ3v) is 2.77. The standard InChI is InChI=1S/C9H18S/c1-7(2)8(10-6)9(3,4)5/h1-6H3. The van der Waals surface area contributed by atoms with Crippen LogP contribution in [0.1, 0.15) is 34.6 Å². The molecule has 0 aromatic carbocycles. The van der Waals surface area contributed by atoms with E-state index in [-0.39, 0.29) is 0 Å². The first kappa shape index (κ1) is 10.1. The molecular weight excluding hydrogens is 140 g/mol. The Bertz CT molecular complexity index is 133. The number of thioether (sulfide) groups is 1. The topological polar surface area (TPSA) is 0 Å². The maximum absolute atomic E-state index is 2.26. The van der Waals surface area contributed by atoms with Gasteiger partial charge in [0.25, 0.3) is 0 Å². The van der Waals surface area contributed by atoms with Crippen LogP contribution in [0.5, 0.6) is 0 Å². The Kier molecular flexibility index (Phi) is 3.50. The molecule has 0 aliphatic carbocycles. The van der Waals surface area contributed by atoms with Crippen molar-refractivity contribution in [2.45, 2.75) is 34.6 Å². The van der Waals surface area contributed by atoms with E-state index in [1.54, 1.807) is 0 Å². The number of hydrogen-bond donors (Lipinski definition) is 0. The van der Waals surface area contributed by atoms with Gasteiger partial charge in [0, 0.05) is 0 Å². The monoisotopic (exact) mass is 158 g/mol. The molecule has 0 rings (SSSR count). The Labute approximate surface area is 69.1 Å². The highest BCUT2D eigenvalue weighted by atomic mass is 32.2. The molecule has 1 heteroatoms. The van der Waals surface area contributed by atoms with Gasteiger partial charge in [0.2, 0.25) is 0 Å². The molecule has 0 aromatic heterocycles. The average molecular weight is 158 g/mol. The van der Waals surface area contributed by atoms with Crippen molar-refractivity contribution in [1.29, 1.82) is 0 Å². The highest BCUT2D eigenvalue weighted by Crippen LogP contribution is 2.35. The minimum absolute atomic E-state index is 0.332. The van der Waals surface area contributed by atoms with Gasteiger partial charge in [-0.05, 0) is 30.4 Å². The summed E-state index contributed by atoms with van der Waals surface area (Å²) >= 11 is 1.86. The molecule has 0 fully saturated rings. The van der Waals surface area contributed by atoms with Crippen LogP contribution in [-0.2, 0) is 0 Å². The summed E-state index contributed by atoms with van der Waals surface area (Å²) in [5, 5.41) is 0. The van der Waals surface area contributed by atoms with Gasteiger partial charge in [0.1, 0.15) is 0 Å². The highest BCUT2D eigenvalue weighted by Gasteiger charge is 2.16. The fraction of sp³-hybridized carbons (Fsp3) is 0.778. The second-order valence-electron chi connectivity index (χ2n) is 3.78. The van der Waals surface area contributed by atoms with Gasteiger partial charge in [0.15, 0.2) is 0 Å². The molecule has 60 valence electrons. The lowest BCUT2D eigenvalue weighted by molar-refractivity contribution is 0.529. The van der Waals surface area contributed by atoms with Crippen LogP contribution in [0.3, 0.4) is 0 Å². The smallest absolute Gasteiger partial charge is 0.00728 e. The maximum Gasteiger partial charge on any atom is -0.00728 e. The summed E-state index contributed by atoms with van der Waals surface area (Å²) in [4.78, 5) is 1.51. The first-order valence-electron chi connectivity index (χ1n) is 3.61.